The number of anilines is 1. The number of pyridine rings is 1. The smallest absolute Gasteiger partial charge is 0.152 e. The van der Waals surface area contributed by atoms with E-state index in [1.807, 2.05) is 6.07 Å². The molecule has 1 aromatic rings. The van der Waals surface area contributed by atoms with Crippen LogP contribution in [0.15, 0.2) is 16.7 Å². The van der Waals surface area contributed by atoms with Gasteiger partial charge in [-0.3, -0.25) is 0 Å². The first kappa shape index (κ1) is 15.1. The molecule has 2 unspecified atom stereocenters. The van der Waals surface area contributed by atoms with Gasteiger partial charge in [0, 0.05) is 23.3 Å². The molecule has 2 atom stereocenters. The second-order valence-corrected chi connectivity index (χ2v) is 6.49. The van der Waals surface area contributed by atoms with Crippen LogP contribution in [0, 0.1) is 5.92 Å². The highest BCUT2D eigenvalue weighted by atomic mass is 79.9. The van der Waals surface area contributed by atoms with Crippen molar-refractivity contribution < 1.29 is 0 Å². The lowest BCUT2D eigenvalue weighted by Gasteiger charge is -2.35. The third-order valence-electron chi connectivity index (χ3n) is 3.89. The maximum atomic E-state index is 6.13. The summed E-state index contributed by atoms with van der Waals surface area (Å²) in [6, 6.07) is 2.40. The van der Waals surface area contributed by atoms with Crippen molar-refractivity contribution in [2.24, 2.45) is 5.92 Å². The van der Waals surface area contributed by atoms with Gasteiger partial charge in [0.05, 0.1) is 5.69 Å². The number of aromatic nitrogens is 1. The zero-order valence-electron chi connectivity index (χ0n) is 11.5. The highest BCUT2D eigenvalue weighted by molar-refractivity contribution is 9.10. The van der Waals surface area contributed by atoms with Gasteiger partial charge in [0.15, 0.2) is 5.15 Å². The summed E-state index contributed by atoms with van der Waals surface area (Å²) in [7, 11) is 0. The Morgan fingerprint density at radius 2 is 2.42 bits per heavy atom. The first-order chi connectivity index (χ1) is 9.10. The van der Waals surface area contributed by atoms with Gasteiger partial charge in [0.25, 0.3) is 0 Å². The lowest BCUT2D eigenvalue weighted by Crippen LogP contribution is -2.41. The highest BCUT2D eigenvalue weighted by Crippen LogP contribution is 2.27. The molecule has 3 nitrogen and oxygen atoms in total. The number of piperidine rings is 1. The Labute approximate surface area is 128 Å². The average molecular weight is 347 g/mol. The molecule has 1 aliphatic heterocycles. The molecule has 0 bridgehead atoms. The van der Waals surface area contributed by atoms with E-state index in [2.05, 4.69) is 45.0 Å². The van der Waals surface area contributed by atoms with Crippen LogP contribution in [0.5, 0.6) is 0 Å². The number of hydrogen-bond donors (Lipinski definition) is 1. The highest BCUT2D eigenvalue weighted by Gasteiger charge is 2.24. The molecule has 1 fully saturated rings. The van der Waals surface area contributed by atoms with Crippen LogP contribution in [0.3, 0.4) is 0 Å². The zero-order chi connectivity index (χ0) is 13.8. The van der Waals surface area contributed by atoms with E-state index in [4.69, 9.17) is 11.6 Å². The van der Waals surface area contributed by atoms with Crippen molar-refractivity contribution in [1.29, 1.82) is 0 Å². The van der Waals surface area contributed by atoms with Crippen LogP contribution < -0.4 is 5.32 Å². The van der Waals surface area contributed by atoms with Gasteiger partial charge in [0.2, 0.25) is 0 Å². The van der Waals surface area contributed by atoms with Crippen molar-refractivity contribution >= 4 is 33.2 Å². The summed E-state index contributed by atoms with van der Waals surface area (Å²) in [5, 5.41) is 4.05. The van der Waals surface area contributed by atoms with Crippen molar-refractivity contribution in [3.63, 3.8) is 0 Å². The fourth-order valence-electron chi connectivity index (χ4n) is 2.67. The van der Waals surface area contributed by atoms with Crippen molar-refractivity contribution in [3.05, 3.63) is 21.9 Å². The topological polar surface area (TPSA) is 28.2 Å². The molecule has 0 aromatic carbocycles. The van der Waals surface area contributed by atoms with Crippen LogP contribution in [0.4, 0.5) is 5.69 Å². The third-order valence-corrected chi connectivity index (χ3v) is 4.62. The van der Waals surface area contributed by atoms with E-state index in [0.717, 1.165) is 16.7 Å². The number of hydrogen-bond acceptors (Lipinski definition) is 3. The first-order valence-electron chi connectivity index (χ1n) is 6.90. The molecule has 19 heavy (non-hydrogen) atoms. The van der Waals surface area contributed by atoms with Crippen molar-refractivity contribution in [3.8, 4) is 0 Å². The molecular weight excluding hydrogens is 326 g/mol. The Morgan fingerprint density at radius 3 is 3.16 bits per heavy atom. The van der Waals surface area contributed by atoms with Crippen LogP contribution in [0.25, 0.3) is 0 Å². The van der Waals surface area contributed by atoms with Gasteiger partial charge in [0.1, 0.15) is 0 Å². The predicted octanol–water partition coefficient (Wildman–Crippen LogP) is 4.03. The van der Waals surface area contributed by atoms with Crippen LogP contribution in [0.2, 0.25) is 5.15 Å². The maximum Gasteiger partial charge on any atom is 0.152 e. The zero-order valence-corrected chi connectivity index (χ0v) is 13.8. The lowest BCUT2D eigenvalue weighted by atomic mass is 9.91. The fourth-order valence-corrected chi connectivity index (χ4v) is 3.16. The molecule has 5 heteroatoms. The monoisotopic (exact) mass is 345 g/mol. The van der Waals surface area contributed by atoms with E-state index in [0.29, 0.717) is 17.1 Å². The average Bonchev–Trinajstić information content (AvgIpc) is 2.43. The molecule has 0 amide bonds. The molecule has 2 heterocycles. The quantitative estimate of drug-likeness (QED) is 0.834. The Kier molecular flexibility index (Phi) is 5.48. The summed E-state index contributed by atoms with van der Waals surface area (Å²) in [6.07, 6.45) is 4.29. The minimum Gasteiger partial charge on any atom is -0.380 e. The Balaban J connectivity index is 2.00. The molecule has 1 saturated heterocycles. The van der Waals surface area contributed by atoms with Crippen molar-refractivity contribution in [2.75, 3.05) is 25.0 Å². The van der Waals surface area contributed by atoms with Crippen molar-refractivity contribution in [2.45, 2.75) is 32.7 Å². The summed E-state index contributed by atoms with van der Waals surface area (Å²) in [6.45, 7) is 8.02. The lowest BCUT2D eigenvalue weighted by molar-refractivity contribution is 0.172. The molecule has 1 aromatic heterocycles. The minimum atomic E-state index is 0.406. The largest absolute Gasteiger partial charge is 0.380 e. The van der Waals surface area contributed by atoms with Crippen molar-refractivity contribution in [1.82, 2.24) is 9.88 Å². The maximum absolute atomic E-state index is 6.13. The number of halogens is 2. The van der Waals surface area contributed by atoms with E-state index in [1.54, 1.807) is 6.20 Å². The predicted molar refractivity (Wildman–Crippen MR) is 84.9 cm³/mol. The van der Waals surface area contributed by atoms with Crippen LogP contribution in [0.1, 0.15) is 26.7 Å². The molecule has 0 aliphatic carbocycles. The molecule has 0 spiro atoms. The van der Waals surface area contributed by atoms with Crippen LogP contribution in [-0.4, -0.2) is 35.6 Å². The Hall–Kier alpha value is -0.320. The minimum absolute atomic E-state index is 0.406. The second kappa shape index (κ2) is 6.91. The van der Waals surface area contributed by atoms with Gasteiger partial charge >= 0.3 is 0 Å². The molecule has 0 saturated carbocycles. The number of likely N-dealkylation sites (tertiary alicyclic amines) is 1. The summed E-state index contributed by atoms with van der Waals surface area (Å²) in [5.41, 5.74) is 0.914. The first-order valence-corrected chi connectivity index (χ1v) is 8.07. The molecular formula is C14H21BrClN3. The van der Waals surface area contributed by atoms with E-state index in [9.17, 15) is 0 Å². The molecule has 1 aliphatic rings. The van der Waals surface area contributed by atoms with Crippen LogP contribution >= 0.6 is 27.5 Å². The standard InChI is InChI=1S/C14H21BrClN3/c1-3-19-6-4-5-11(9-19)10(2)18-13-7-12(15)8-17-14(13)16/h7-8,10-11,18H,3-6,9H2,1-2H3. The second-order valence-electron chi connectivity index (χ2n) is 5.22. The van der Waals surface area contributed by atoms with Gasteiger partial charge in [-0.15, -0.1) is 0 Å². The number of nitrogens with one attached hydrogen (secondary N) is 1. The molecule has 2 rings (SSSR count). The number of nitrogens with zero attached hydrogens (tertiary/aromatic N) is 2. The van der Waals surface area contributed by atoms with Gasteiger partial charge in [-0.1, -0.05) is 18.5 Å². The molecule has 106 valence electrons. The molecule has 0 radical (unpaired) electrons. The summed E-state index contributed by atoms with van der Waals surface area (Å²) in [5.74, 6) is 0.670. The van der Waals surface area contributed by atoms with Gasteiger partial charge in [-0.2, -0.15) is 0 Å². The van der Waals surface area contributed by atoms with Gasteiger partial charge in [-0.05, 0) is 60.8 Å². The van der Waals surface area contributed by atoms with Crippen LogP contribution in [-0.2, 0) is 0 Å². The summed E-state index contributed by atoms with van der Waals surface area (Å²) >= 11 is 9.56. The van der Waals surface area contributed by atoms with E-state index < -0.39 is 0 Å². The summed E-state index contributed by atoms with van der Waals surface area (Å²) < 4.78 is 0.949. The molecule has 1 N–H and O–H groups in total. The Bertz CT molecular complexity index is 427. The summed E-state index contributed by atoms with van der Waals surface area (Å²) in [4.78, 5) is 6.67. The van der Waals surface area contributed by atoms with Gasteiger partial charge < -0.3 is 10.2 Å². The van der Waals surface area contributed by atoms with E-state index >= 15 is 0 Å². The normalized spacial score (nSPS) is 22.2. The van der Waals surface area contributed by atoms with E-state index in [-0.39, 0.29) is 0 Å². The third kappa shape index (κ3) is 4.07. The fraction of sp³-hybridized carbons (Fsp3) is 0.643. The number of rotatable bonds is 4. The SMILES string of the molecule is CCN1CCCC(C(C)Nc2cc(Br)cnc2Cl)C1. The Morgan fingerprint density at radius 1 is 1.63 bits per heavy atom. The van der Waals surface area contributed by atoms with Gasteiger partial charge in [-0.25, -0.2) is 4.98 Å². The van der Waals surface area contributed by atoms with E-state index in [1.165, 1.54) is 25.9 Å².